The average Bonchev–Trinajstić information content (AvgIpc) is 2.75. The first-order valence-electron chi connectivity index (χ1n) is 5.14. The van der Waals surface area contributed by atoms with Crippen molar-refractivity contribution in [3.05, 3.63) is 46.2 Å². The molecular weight excluding hydrogens is 303 g/mol. The topological polar surface area (TPSA) is 59.8 Å². The van der Waals surface area contributed by atoms with E-state index in [9.17, 15) is 9.18 Å². The molecular formula is C11H10BrFN4O. The zero-order valence-corrected chi connectivity index (χ0v) is 11.1. The summed E-state index contributed by atoms with van der Waals surface area (Å²) in [7, 11) is 1.77. The van der Waals surface area contributed by atoms with E-state index in [-0.39, 0.29) is 12.1 Å². The molecule has 7 heteroatoms. The molecule has 0 spiro atoms. The normalized spacial score (nSPS) is 10.4. The second kappa shape index (κ2) is 5.26. The summed E-state index contributed by atoms with van der Waals surface area (Å²) in [6.07, 6.45) is 1.53. The molecule has 0 radical (unpaired) electrons. The van der Waals surface area contributed by atoms with E-state index in [1.807, 2.05) is 0 Å². The minimum atomic E-state index is -0.561. The molecule has 0 bridgehead atoms. The molecule has 2 aromatic rings. The molecule has 5 nitrogen and oxygen atoms in total. The van der Waals surface area contributed by atoms with Crippen molar-refractivity contribution in [2.24, 2.45) is 7.05 Å². The number of carbonyl (C=O) groups excluding carboxylic acids is 1. The van der Waals surface area contributed by atoms with Crippen LogP contribution in [0.25, 0.3) is 0 Å². The van der Waals surface area contributed by atoms with Crippen LogP contribution >= 0.6 is 15.9 Å². The summed E-state index contributed by atoms with van der Waals surface area (Å²) in [5, 5.41) is 10.1. The second-order valence-electron chi connectivity index (χ2n) is 3.66. The molecule has 0 fully saturated rings. The summed E-state index contributed by atoms with van der Waals surface area (Å²) in [6, 6.07) is 4.21. The molecule has 1 N–H and O–H groups in total. The Labute approximate surface area is 111 Å². The Balaban J connectivity index is 2.08. The van der Waals surface area contributed by atoms with Crippen LogP contribution in [0.3, 0.4) is 0 Å². The Hall–Kier alpha value is -1.76. The van der Waals surface area contributed by atoms with Crippen LogP contribution in [0.4, 0.5) is 4.39 Å². The highest BCUT2D eigenvalue weighted by molar-refractivity contribution is 9.10. The van der Waals surface area contributed by atoms with Gasteiger partial charge in [-0.25, -0.2) is 4.39 Å². The first-order chi connectivity index (χ1) is 8.58. The standard InChI is InChI=1S/C11H10BrFN4O/c1-17-6-15-16-10(17)5-14-11(18)8-4-7(12)2-3-9(8)13/h2-4,6H,5H2,1H3,(H,14,18). The Morgan fingerprint density at radius 2 is 2.33 bits per heavy atom. The van der Waals surface area contributed by atoms with Crippen LogP contribution in [0, 0.1) is 5.82 Å². The van der Waals surface area contributed by atoms with Gasteiger partial charge in [-0.3, -0.25) is 4.79 Å². The summed E-state index contributed by atoms with van der Waals surface area (Å²) >= 11 is 3.19. The maximum Gasteiger partial charge on any atom is 0.254 e. The number of amides is 1. The fourth-order valence-electron chi connectivity index (χ4n) is 1.39. The lowest BCUT2D eigenvalue weighted by Gasteiger charge is -2.06. The number of hydrogen-bond acceptors (Lipinski definition) is 3. The molecule has 1 aromatic carbocycles. The van der Waals surface area contributed by atoms with Crippen LogP contribution in [-0.2, 0) is 13.6 Å². The predicted octanol–water partition coefficient (Wildman–Crippen LogP) is 1.65. The Bertz CT molecular complexity index is 584. The van der Waals surface area contributed by atoms with E-state index in [2.05, 4.69) is 31.4 Å². The lowest BCUT2D eigenvalue weighted by atomic mass is 10.2. The number of aryl methyl sites for hydroxylation is 1. The second-order valence-corrected chi connectivity index (χ2v) is 4.58. The molecule has 1 heterocycles. The largest absolute Gasteiger partial charge is 0.345 e. The molecule has 0 aliphatic heterocycles. The van der Waals surface area contributed by atoms with Crippen LogP contribution in [0.15, 0.2) is 29.0 Å². The molecule has 94 valence electrons. The van der Waals surface area contributed by atoms with E-state index in [4.69, 9.17) is 0 Å². The number of benzene rings is 1. The van der Waals surface area contributed by atoms with Gasteiger partial charge in [-0.05, 0) is 18.2 Å². The average molecular weight is 313 g/mol. The highest BCUT2D eigenvalue weighted by atomic mass is 79.9. The number of nitrogens with zero attached hydrogens (tertiary/aromatic N) is 3. The maximum atomic E-state index is 13.5. The first-order valence-corrected chi connectivity index (χ1v) is 5.93. The lowest BCUT2D eigenvalue weighted by Crippen LogP contribution is -2.25. The van der Waals surface area contributed by atoms with Gasteiger partial charge in [-0.15, -0.1) is 10.2 Å². The third kappa shape index (κ3) is 2.73. The van der Waals surface area contributed by atoms with Gasteiger partial charge < -0.3 is 9.88 Å². The van der Waals surface area contributed by atoms with Gasteiger partial charge in [-0.1, -0.05) is 15.9 Å². The number of carbonyl (C=O) groups is 1. The van der Waals surface area contributed by atoms with E-state index < -0.39 is 11.7 Å². The van der Waals surface area contributed by atoms with E-state index in [1.54, 1.807) is 11.6 Å². The zero-order valence-electron chi connectivity index (χ0n) is 9.52. The number of nitrogens with one attached hydrogen (secondary N) is 1. The number of rotatable bonds is 3. The molecule has 0 saturated heterocycles. The third-order valence-corrected chi connectivity index (χ3v) is 2.88. The van der Waals surface area contributed by atoms with Gasteiger partial charge in [0.15, 0.2) is 5.82 Å². The van der Waals surface area contributed by atoms with Gasteiger partial charge in [0.25, 0.3) is 5.91 Å². The Morgan fingerprint density at radius 1 is 1.56 bits per heavy atom. The number of halogens is 2. The molecule has 0 atom stereocenters. The van der Waals surface area contributed by atoms with Gasteiger partial charge in [0, 0.05) is 11.5 Å². The van der Waals surface area contributed by atoms with Crippen molar-refractivity contribution in [1.29, 1.82) is 0 Å². The fraction of sp³-hybridized carbons (Fsp3) is 0.182. The zero-order chi connectivity index (χ0) is 13.1. The molecule has 2 rings (SSSR count). The fourth-order valence-corrected chi connectivity index (χ4v) is 1.75. The predicted molar refractivity (Wildman–Crippen MR) is 66.3 cm³/mol. The SMILES string of the molecule is Cn1cnnc1CNC(=O)c1cc(Br)ccc1F. The Kier molecular flexibility index (Phi) is 3.71. The van der Waals surface area contributed by atoms with Gasteiger partial charge in [0.1, 0.15) is 12.1 Å². The maximum absolute atomic E-state index is 13.5. The van der Waals surface area contributed by atoms with Crippen molar-refractivity contribution in [3.8, 4) is 0 Å². The van der Waals surface area contributed by atoms with E-state index in [0.717, 1.165) is 0 Å². The lowest BCUT2D eigenvalue weighted by molar-refractivity contribution is 0.0945. The van der Waals surface area contributed by atoms with Crippen molar-refractivity contribution in [2.45, 2.75) is 6.54 Å². The van der Waals surface area contributed by atoms with Crippen molar-refractivity contribution in [1.82, 2.24) is 20.1 Å². The molecule has 1 amide bonds. The van der Waals surface area contributed by atoms with E-state index >= 15 is 0 Å². The molecule has 0 aliphatic carbocycles. The molecule has 0 saturated carbocycles. The first kappa shape index (κ1) is 12.7. The molecule has 0 unspecified atom stereocenters. The molecule has 0 aliphatic rings. The smallest absolute Gasteiger partial charge is 0.254 e. The van der Waals surface area contributed by atoms with Crippen LogP contribution in [0.5, 0.6) is 0 Å². The number of aromatic nitrogens is 3. The van der Waals surface area contributed by atoms with E-state index in [0.29, 0.717) is 10.3 Å². The summed E-state index contributed by atoms with van der Waals surface area (Å²) in [4.78, 5) is 11.8. The summed E-state index contributed by atoms with van der Waals surface area (Å²) in [6.45, 7) is 0.196. The van der Waals surface area contributed by atoms with Crippen molar-refractivity contribution >= 4 is 21.8 Å². The minimum absolute atomic E-state index is 0.00783. The Morgan fingerprint density at radius 3 is 3.00 bits per heavy atom. The third-order valence-electron chi connectivity index (χ3n) is 2.39. The molecule has 18 heavy (non-hydrogen) atoms. The summed E-state index contributed by atoms with van der Waals surface area (Å²) < 4.78 is 15.8. The monoisotopic (exact) mass is 312 g/mol. The highest BCUT2D eigenvalue weighted by Crippen LogP contribution is 2.15. The quantitative estimate of drug-likeness (QED) is 0.937. The molecule has 1 aromatic heterocycles. The van der Waals surface area contributed by atoms with Crippen molar-refractivity contribution in [2.75, 3.05) is 0 Å². The van der Waals surface area contributed by atoms with E-state index in [1.165, 1.54) is 24.5 Å². The summed E-state index contributed by atoms with van der Waals surface area (Å²) in [5.74, 6) is -0.454. The minimum Gasteiger partial charge on any atom is -0.345 e. The van der Waals surface area contributed by atoms with Gasteiger partial charge in [0.05, 0.1) is 12.1 Å². The summed E-state index contributed by atoms with van der Waals surface area (Å²) in [5.41, 5.74) is -0.00783. The number of hydrogen-bond donors (Lipinski definition) is 1. The van der Waals surface area contributed by atoms with Crippen molar-refractivity contribution < 1.29 is 9.18 Å². The van der Waals surface area contributed by atoms with Crippen LogP contribution < -0.4 is 5.32 Å². The van der Waals surface area contributed by atoms with Crippen molar-refractivity contribution in [3.63, 3.8) is 0 Å². The van der Waals surface area contributed by atoms with Gasteiger partial charge >= 0.3 is 0 Å². The van der Waals surface area contributed by atoms with Gasteiger partial charge in [0.2, 0.25) is 0 Å². The highest BCUT2D eigenvalue weighted by Gasteiger charge is 2.12. The van der Waals surface area contributed by atoms with Crippen LogP contribution in [0.2, 0.25) is 0 Å². The van der Waals surface area contributed by atoms with Crippen LogP contribution in [0.1, 0.15) is 16.2 Å². The van der Waals surface area contributed by atoms with Gasteiger partial charge in [-0.2, -0.15) is 0 Å². The van der Waals surface area contributed by atoms with Crippen LogP contribution in [-0.4, -0.2) is 20.7 Å².